The summed E-state index contributed by atoms with van der Waals surface area (Å²) in [5, 5.41) is 0. The van der Waals surface area contributed by atoms with Crippen LogP contribution < -0.4 is 4.90 Å². The Kier molecular flexibility index (Phi) is 4.00. The van der Waals surface area contributed by atoms with Gasteiger partial charge in [-0.2, -0.15) is 4.31 Å². The average molecular weight is 379 g/mol. The van der Waals surface area contributed by atoms with Crippen LogP contribution in [0.1, 0.15) is 31.4 Å². The third kappa shape index (κ3) is 2.68. The van der Waals surface area contributed by atoms with Gasteiger partial charge >= 0.3 is 0 Å². The van der Waals surface area contributed by atoms with E-state index in [-0.39, 0.29) is 22.1 Å². The summed E-state index contributed by atoms with van der Waals surface area (Å²) in [7, 11) is 1.73. The first-order valence-electron chi connectivity index (χ1n) is 9.05. The zero-order valence-corrected chi connectivity index (χ0v) is 16.3. The van der Waals surface area contributed by atoms with Gasteiger partial charge < -0.3 is 9.80 Å². The van der Waals surface area contributed by atoms with Crippen molar-refractivity contribution >= 4 is 21.9 Å². The highest BCUT2D eigenvalue weighted by Crippen LogP contribution is 2.44. The van der Waals surface area contributed by atoms with E-state index >= 15 is 0 Å². The number of hydrogen-bond donors (Lipinski definition) is 0. The summed E-state index contributed by atoms with van der Waals surface area (Å²) in [5.74, 6) is 0.987. The Bertz CT molecular complexity index is 842. The van der Waals surface area contributed by atoms with Crippen molar-refractivity contribution in [2.24, 2.45) is 5.92 Å². The minimum atomic E-state index is -3.56. The zero-order chi connectivity index (χ0) is 18.7. The van der Waals surface area contributed by atoms with Crippen LogP contribution in [0.15, 0.2) is 11.1 Å². The van der Waals surface area contributed by atoms with E-state index < -0.39 is 10.0 Å². The van der Waals surface area contributed by atoms with Crippen molar-refractivity contribution in [1.82, 2.24) is 19.2 Å². The second-order valence-corrected chi connectivity index (χ2v) is 9.93. The third-order valence-corrected chi connectivity index (χ3v) is 7.62. The fourth-order valence-corrected chi connectivity index (χ4v) is 5.48. The smallest absolute Gasteiger partial charge is 0.246 e. The largest absolute Gasteiger partial charge is 0.347 e. The van der Waals surface area contributed by atoms with Crippen molar-refractivity contribution in [3.8, 4) is 0 Å². The van der Waals surface area contributed by atoms with Gasteiger partial charge in [0.2, 0.25) is 21.9 Å². The van der Waals surface area contributed by atoms with Gasteiger partial charge in [0.15, 0.2) is 0 Å². The number of sulfonamides is 1. The summed E-state index contributed by atoms with van der Waals surface area (Å²) in [6.45, 7) is 1.71. The molecule has 0 aromatic carbocycles. The van der Waals surface area contributed by atoms with Gasteiger partial charge in [0.25, 0.3) is 0 Å². The van der Waals surface area contributed by atoms with Crippen molar-refractivity contribution in [1.29, 1.82) is 0 Å². The molecule has 0 atom stereocenters. The van der Waals surface area contributed by atoms with E-state index in [4.69, 9.17) is 0 Å². The Morgan fingerprint density at radius 1 is 1.27 bits per heavy atom. The molecular weight excluding hydrogens is 354 g/mol. The second-order valence-electron chi connectivity index (χ2n) is 7.92. The molecule has 1 spiro atoms. The summed E-state index contributed by atoms with van der Waals surface area (Å²) < 4.78 is 26.9. The normalized spacial score (nSPS) is 24.3. The Morgan fingerprint density at radius 3 is 2.50 bits per heavy atom. The molecule has 3 aliphatic rings. The Morgan fingerprint density at radius 2 is 1.92 bits per heavy atom. The van der Waals surface area contributed by atoms with Crippen LogP contribution in [-0.4, -0.2) is 74.3 Å². The molecule has 2 fully saturated rings. The van der Waals surface area contributed by atoms with E-state index in [0.29, 0.717) is 31.3 Å². The molecule has 142 valence electrons. The lowest BCUT2D eigenvalue weighted by Gasteiger charge is -2.46. The molecule has 0 N–H and O–H groups in total. The van der Waals surface area contributed by atoms with Gasteiger partial charge in [-0.3, -0.25) is 4.79 Å². The lowest BCUT2D eigenvalue weighted by atomic mass is 9.75. The van der Waals surface area contributed by atoms with Gasteiger partial charge in [-0.15, -0.1) is 0 Å². The lowest BCUT2D eigenvalue weighted by molar-refractivity contribution is -0.134. The number of rotatable bonds is 2. The van der Waals surface area contributed by atoms with Crippen LogP contribution in [0.3, 0.4) is 0 Å². The monoisotopic (exact) mass is 379 g/mol. The van der Waals surface area contributed by atoms with Gasteiger partial charge in [-0.05, 0) is 25.7 Å². The summed E-state index contributed by atoms with van der Waals surface area (Å²) in [5.41, 5.74) is 0.261. The molecule has 26 heavy (non-hydrogen) atoms. The van der Waals surface area contributed by atoms with Crippen LogP contribution in [0.25, 0.3) is 0 Å². The second kappa shape index (κ2) is 5.88. The predicted octanol–water partition coefficient (Wildman–Crippen LogP) is 0.447. The lowest BCUT2D eigenvalue weighted by Crippen LogP contribution is -2.54. The van der Waals surface area contributed by atoms with Crippen molar-refractivity contribution in [3.05, 3.63) is 11.9 Å². The number of aromatic nitrogens is 2. The summed E-state index contributed by atoms with van der Waals surface area (Å²) in [6.07, 6.45) is 4.89. The number of carbonyl (C=O) groups is 1. The third-order valence-electron chi connectivity index (χ3n) is 5.82. The molecule has 2 aliphatic heterocycles. The number of amides is 1. The van der Waals surface area contributed by atoms with Gasteiger partial charge in [0.05, 0.1) is 11.9 Å². The highest BCUT2D eigenvalue weighted by atomic mass is 32.2. The molecule has 9 heteroatoms. The number of carbonyl (C=O) groups excluding carboxylic acids is 1. The van der Waals surface area contributed by atoms with Crippen molar-refractivity contribution in [3.63, 3.8) is 0 Å². The van der Waals surface area contributed by atoms with Crippen LogP contribution >= 0.6 is 0 Å². The van der Waals surface area contributed by atoms with Crippen LogP contribution in [0.4, 0.5) is 5.95 Å². The molecule has 1 saturated carbocycles. The highest BCUT2D eigenvalue weighted by molar-refractivity contribution is 7.89. The number of hydrogen-bond acceptors (Lipinski definition) is 6. The van der Waals surface area contributed by atoms with Crippen LogP contribution in [0.2, 0.25) is 0 Å². The molecule has 8 nitrogen and oxygen atoms in total. The molecule has 0 radical (unpaired) electrons. The Balaban J connectivity index is 1.71. The Hall–Kier alpha value is -1.74. The molecule has 0 bridgehead atoms. The fourth-order valence-electron chi connectivity index (χ4n) is 4.04. The molecule has 0 unspecified atom stereocenters. The Labute approximate surface area is 154 Å². The van der Waals surface area contributed by atoms with E-state index in [1.165, 1.54) is 10.5 Å². The van der Waals surface area contributed by atoms with Crippen LogP contribution in [-0.2, 0) is 20.2 Å². The maximum atomic E-state index is 12.7. The molecule has 1 amide bonds. The predicted molar refractivity (Wildman–Crippen MR) is 96.4 cm³/mol. The number of anilines is 1. The van der Waals surface area contributed by atoms with Gasteiger partial charge in [-0.25, -0.2) is 18.4 Å². The van der Waals surface area contributed by atoms with E-state index in [0.717, 1.165) is 25.7 Å². The first kappa shape index (κ1) is 17.7. The minimum Gasteiger partial charge on any atom is -0.347 e. The summed E-state index contributed by atoms with van der Waals surface area (Å²) in [4.78, 5) is 25.2. The number of piperidine rings is 1. The van der Waals surface area contributed by atoms with E-state index in [9.17, 15) is 13.2 Å². The molecule has 1 aromatic rings. The molecule has 1 saturated heterocycles. The van der Waals surface area contributed by atoms with Crippen molar-refractivity contribution in [2.75, 3.05) is 45.7 Å². The van der Waals surface area contributed by atoms with Crippen LogP contribution in [0, 0.1) is 5.92 Å². The summed E-state index contributed by atoms with van der Waals surface area (Å²) >= 11 is 0. The number of nitrogens with zero attached hydrogens (tertiary/aromatic N) is 5. The molecule has 3 heterocycles. The average Bonchev–Trinajstić information content (AvgIpc) is 3.45. The highest BCUT2D eigenvalue weighted by Gasteiger charge is 2.49. The standard InChI is InChI=1S/C17H25N5O3S/c1-20(2)16-18-10-13-14(19-16)17(11-21(3)26(13,24)25)6-8-22(9-7-17)15(23)12-4-5-12/h10,12H,4-9,11H2,1-3H3. The topological polar surface area (TPSA) is 86.7 Å². The molecule has 4 rings (SSSR count). The molecule has 1 aliphatic carbocycles. The van der Waals surface area contributed by atoms with Gasteiger partial charge in [0.1, 0.15) is 4.90 Å². The fraction of sp³-hybridized carbons (Fsp3) is 0.706. The molecular formula is C17H25N5O3S. The quantitative estimate of drug-likeness (QED) is 0.741. The zero-order valence-electron chi connectivity index (χ0n) is 15.5. The van der Waals surface area contributed by atoms with E-state index in [1.807, 2.05) is 19.0 Å². The molecule has 1 aromatic heterocycles. The maximum absolute atomic E-state index is 12.7. The van der Waals surface area contributed by atoms with E-state index in [1.54, 1.807) is 11.9 Å². The first-order valence-corrected chi connectivity index (χ1v) is 10.5. The minimum absolute atomic E-state index is 0.207. The first-order chi connectivity index (χ1) is 12.2. The SMILES string of the molecule is CN(C)c1ncc2c(n1)C1(CCN(C(=O)C3CC3)CC1)CN(C)S2(=O)=O. The van der Waals surface area contributed by atoms with Crippen molar-refractivity contribution in [2.45, 2.75) is 36.0 Å². The van der Waals surface area contributed by atoms with E-state index in [2.05, 4.69) is 9.97 Å². The number of likely N-dealkylation sites (N-methyl/N-ethyl adjacent to an activating group) is 1. The summed E-state index contributed by atoms with van der Waals surface area (Å²) in [6, 6.07) is 0. The number of likely N-dealkylation sites (tertiary alicyclic amines) is 1. The van der Waals surface area contributed by atoms with Gasteiger partial charge in [0, 0.05) is 52.1 Å². The van der Waals surface area contributed by atoms with Crippen molar-refractivity contribution < 1.29 is 13.2 Å². The van der Waals surface area contributed by atoms with Crippen LogP contribution in [0.5, 0.6) is 0 Å². The van der Waals surface area contributed by atoms with Gasteiger partial charge in [-0.1, -0.05) is 0 Å². The maximum Gasteiger partial charge on any atom is 0.246 e. The number of fused-ring (bicyclic) bond motifs is 2.